The molecule has 0 unspecified atom stereocenters. The van der Waals surface area contributed by atoms with Crippen molar-refractivity contribution in [2.45, 2.75) is 44.8 Å². The smallest absolute Gasteiger partial charge is 0.192 e. The summed E-state index contributed by atoms with van der Waals surface area (Å²) in [5.41, 5.74) is 2.08. The lowest BCUT2D eigenvalue weighted by molar-refractivity contribution is 0.195. The summed E-state index contributed by atoms with van der Waals surface area (Å²) in [6, 6.07) is 10.1. The largest absolute Gasteiger partial charge is 0.416 e. The second kappa shape index (κ2) is 6.48. The van der Waals surface area contributed by atoms with E-state index in [0.29, 0.717) is 6.61 Å². The van der Waals surface area contributed by atoms with Gasteiger partial charge in [0.25, 0.3) is 0 Å². The molecule has 0 spiro atoms. The maximum atomic E-state index is 9.85. The Kier molecular flexibility index (Phi) is 5.05. The molecule has 2 rings (SSSR count). The molecule has 1 aromatic heterocycles. The highest BCUT2D eigenvalue weighted by Crippen LogP contribution is 2.37. The number of hydrogen-bond acceptors (Lipinski definition) is 3. The summed E-state index contributed by atoms with van der Waals surface area (Å²) >= 11 is 0. The second-order valence-electron chi connectivity index (χ2n) is 7.37. The molecule has 4 heteroatoms. The Labute approximate surface area is 134 Å². The molecule has 22 heavy (non-hydrogen) atoms. The molecule has 0 fully saturated rings. The van der Waals surface area contributed by atoms with Crippen LogP contribution in [0.4, 0.5) is 0 Å². The number of benzene rings is 1. The van der Waals surface area contributed by atoms with E-state index in [9.17, 15) is 5.11 Å². The predicted molar refractivity (Wildman–Crippen MR) is 94.7 cm³/mol. The van der Waals surface area contributed by atoms with Crippen LogP contribution in [-0.2, 0) is 4.43 Å². The lowest BCUT2D eigenvalue weighted by Gasteiger charge is -2.37. The Morgan fingerprint density at radius 3 is 2.50 bits per heavy atom. The third-order valence-electron chi connectivity index (χ3n) is 4.79. The summed E-state index contributed by atoms with van der Waals surface area (Å²) in [7, 11) is -1.81. The molecule has 0 aliphatic heterocycles. The van der Waals surface area contributed by atoms with Gasteiger partial charge in [-0.1, -0.05) is 39.0 Å². The number of aliphatic hydroxyl groups is 1. The van der Waals surface area contributed by atoms with E-state index in [0.717, 1.165) is 16.5 Å². The van der Waals surface area contributed by atoms with Crippen LogP contribution in [0.2, 0.25) is 18.1 Å². The third kappa shape index (κ3) is 3.56. The zero-order valence-corrected chi connectivity index (χ0v) is 15.3. The van der Waals surface area contributed by atoms with Gasteiger partial charge in [-0.2, -0.15) is 0 Å². The van der Waals surface area contributed by atoms with Crippen LogP contribution < -0.4 is 0 Å². The third-order valence-corrected chi connectivity index (χ3v) is 9.30. The highest BCUT2D eigenvalue weighted by Gasteiger charge is 2.37. The molecular formula is C18H27NO2Si. The van der Waals surface area contributed by atoms with Crippen LogP contribution in [0.1, 0.15) is 32.3 Å². The van der Waals surface area contributed by atoms with Gasteiger partial charge in [0.1, 0.15) is 0 Å². The minimum Gasteiger partial charge on any atom is -0.416 e. The lowest BCUT2D eigenvalue weighted by atomic mass is 9.97. The SMILES string of the molecule is CC(C)(C)[Si](C)(C)OC[C@@H](CO)c1ccnc2ccccc12. The number of fused-ring (bicyclic) bond motifs is 1. The van der Waals surface area contributed by atoms with E-state index in [1.54, 1.807) is 0 Å². The van der Waals surface area contributed by atoms with Crippen molar-refractivity contribution >= 4 is 19.2 Å². The molecule has 1 N–H and O–H groups in total. The molecule has 0 aliphatic carbocycles. The topological polar surface area (TPSA) is 42.4 Å². The number of hydrogen-bond donors (Lipinski definition) is 1. The van der Waals surface area contributed by atoms with Crippen LogP contribution in [0.5, 0.6) is 0 Å². The molecule has 120 valence electrons. The lowest BCUT2D eigenvalue weighted by Crippen LogP contribution is -2.42. The minimum atomic E-state index is -1.81. The van der Waals surface area contributed by atoms with Gasteiger partial charge in [-0.15, -0.1) is 0 Å². The van der Waals surface area contributed by atoms with Crippen molar-refractivity contribution in [1.29, 1.82) is 0 Å². The van der Waals surface area contributed by atoms with Crippen LogP contribution in [0.3, 0.4) is 0 Å². The normalized spacial score (nSPS) is 14.3. The van der Waals surface area contributed by atoms with Gasteiger partial charge in [0.2, 0.25) is 0 Å². The Morgan fingerprint density at radius 1 is 1.18 bits per heavy atom. The first kappa shape index (κ1) is 17.1. The first-order chi connectivity index (χ1) is 10.3. The fourth-order valence-corrected chi connectivity index (χ4v) is 3.29. The molecule has 1 heterocycles. The second-order valence-corrected chi connectivity index (χ2v) is 12.2. The molecule has 1 aromatic carbocycles. The van der Waals surface area contributed by atoms with Gasteiger partial charge >= 0.3 is 0 Å². The van der Waals surface area contributed by atoms with E-state index in [-0.39, 0.29) is 17.6 Å². The van der Waals surface area contributed by atoms with Gasteiger partial charge in [0.05, 0.1) is 12.1 Å². The number of rotatable bonds is 5. The molecule has 2 aromatic rings. The van der Waals surface area contributed by atoms with E-state index in [2.05, 4.69) is 44.9 Å². The molecule has 0 saturated heterocycles. The molecular weight excluding hydrogens is 290 g/mol. The van der Waals surface area contributed by atoms with Crippen molar-refractivity contribution < 1.29 is 9.53 Å². The average Bonchev–Trinajstić information content (AvgIpc) is 2.47. The van der Waals surface area contributed by atoms with Crippen LogP contribution in [0.15, 0.2) is 36.5 Å². The zero-order valence-electron chi connectivity index (χ0n) is 14.3. The van der Waals surface area contributed by atoms with Crippen molar-refractivity contribution in [1.82, 2.24) is 4.98 Å². The molecule has 0 saturated carbocycles. The monoisotopic (exact) mass is 317 g/mol. The number of nitrogens with zero attached hydrogens (tertiary/aromatic N) is 1. The Hall–Kier alpha value is -1.23. The molecule has 0 bridgehead atoms. The van der Waals surface area contributed by atoms with Crippen LogP contribution in [-0.4, -0.2) is 31.6 Å². The summed E-state index contributed by atoms with van der Waals surface area (Å²) in [4.78, 5) is 4.39. The number of aromatic nitrogens is 1. The molecule has 3 nitrogen and oxygen atoms in total. The van der Waals surface area contributed by atoms with Crippen LogP contribution in [0.25, 0.3) is 10.9 Å². The van der Waals surface area contributed by atoms with Gasteiger partial charge in [-0.3, -0.25) is 4.98 Å². The van der Waals surface area contributed by atoms with E-state index < -0.39 is 8.32 Å². The first-order valence-electron chi connectivity index (χ1n) is 7.85. The Balaban J connectivity index is 2.25. The standard InChI is InChI=1S/C18H27NO2Si/c1-18(2,3)22(4,5)21-13-14(12-20)15-10-11-19-17-9-7-6-8-16(15)17/h6-11,14,20H,12-13H2,1-5H3/t14-/m1/s1. The molecule has 0 radical (unpaired) electrons. The molecule has 0 aliphatic rings. The van der Waals surface area contributed by atoms with Crippen molar-refractivity contribution in [3.8, 4) is 0 Å². The maximum absolute atomic E-state index is 9.85. The minimum absolute atomic E-state index is 0.0120. The fourth-order valence-electron chi connectivity index (χ4n) is 2.24. The van der Waals surface area contributed by atoms with E-state index in [1.165, 1.54) is 0 Å². The number of aliphatic hydroxyl groups excluding tert-OH is 1. The van der Waals surface area contributed by atoms with Gasteiger partial charge in [-0.05, 0) is 35.8 Å². The average molecular weight is 318 g/mol. The van der Waals surface area contributed by atoms with Crippen LogP contribution >= 0.6 is 0 Å². The fraction of sp³-hybridized carbons (Fsp3) is 0.500. The van der Waals surface area contributed by atoms with Crippen molar-refractivity contribution in [2.24, 2.45) is 0 Å². The van der Waals surface area contributed by atoms with Gasteiger partial charge in [-0.25, -0.2) is 0 Å². The number of para-hydroxylation sites is 1. The van der Waals surface area contributed by atoms with Crippen molar-refractivity contribution in [3.63, 3.8) is 0 Å². The summed E-state index contributed by atoms with van der Waals surface area (Å²) < 4.78 is 6.31. The van der Waals surface area contributed by atoms with Crippen molar-refractivity contribution in [2.75, 3.05) is 13.2 Å². The first-order valence-corrected chi connectivity index (χ1v) is 10.8. The van der Waals surface area contributed by atoms with E-state index in [4.69, 9.17) is 4.43 Å². The quantitative estimate of drug-likeness (QED) is 0.835. The van der Waals surface area contributed by atoms with Crippen LogP contribution in [0, 0.1) is 0 Å². The molecule has 1 atom stereocenters. The highest BCUT2D eigenvalue weighted by atomic mass is 28.4. The Bertz CT molecular complexity index is 629. The van der Waals surface area contributed by atoms with Crippen molar-refractivity contribution in [3.05, 3.63) is 42.1 Å². The summed E-state index contributed by atoms with van der Waals surface area (Å²) in [5, 5.41) is 11.1. The van der Waals surface area contributed by atoms with E-state index in [1.807, 2.05) is 30.5 Å². The molecule has 0 amide bonds. The maximum Gasteiger partial charge on any atom is 0.192 e. The van der Waals surface area contributed by atoms with Gasteiger partial charge < -0.3 is 9.53 Å². The van der Waals surface area contributed by atoms with E-state index >= 15 is 0 Å². The summed E-state index contributed by atoms with van der Waals surface area (Å²) in [6.07, 6.45) is 1.81. The summed E-state index contributed by atoms with van der Waals surface area (Å²) in [6.45, 7) is 11.8. The van der Waals surface area contributed by atoms with Gasteiger partial charge in [0, 0.05) is 24.1 Å². The number of pyridine rings is 1. The highest BCUT2D eigenvalue weighted by molar-refractivity contribution is 6.74. The predicted octanol–water partition coefficient (Wildman–Crippen LogP) is 4.33. The Morgan fingerprint density at radius 2 is 1.86 bits per heavy atom. The zero-order chi connectivity index (χ0) is 16.4. The summed E-state index contributed by atoms with van der Waals surface area (Å²) in [5.74, 6) is -0.0120. The van der Waals surface area contributed by atoms with Gasteiger partial charge in [0.15, 0.2) is 8.32 Å².